The van der Waals surface area contributed by atoms with Crippen molar-refractivity contribution in [3.05, 3.63) is 98.6 Å². The maximum Gasteiger partial charge on any atom is 0.262 e. The van der Waals surface area contributed by atoms with Crippen LogP contribution in [0.4, 0.5) is 0 Å². The van der Waals surface area contributed by atoms with Crippen LogP contribution in [0.3, 0.4) is 0 Å². The molecule has 0 unspecified atom stereocenters. The number of amides is 1. The Hall–Kier alpha value is -3.31. The van der Waals surface area contributed by atoms with Gasteiger partial charge in [0.1, 0.15) is 18.2 Å². The highest BCUT2D eigenvalue weighted by Crippen LogP contribution is 2.30. The number of nitrogens with one attached hydrogen (secondary N) is 1. The Bertz CT molecular complexity index is 1120. The molecule has 0 spiro atoms. The Morgan fingerprint density at radius 3 is 2.44 bits per heavy atom. The topological polar surface area (TPSA) is 71.3 Å². The normalized spacial score (nSPS) is 10.8. The van der Waals surface area contributed by atoms with Crippen molar-refractivity contribution in [3.63, 3.8) is 0 Å². The average Bonchev–Trinajstić information content (AvgIpc) is 2.82. The van der Waals surface area contributed by atoms with Crippen LogP contribution < -0.4 is 14.8 Å². The standard InChI is InChI=1S/C26H23IN2O3/c1-2-31-25-15-21(10-13-24(25)32-18-20-8-11-23(27)12-9-20)14-22(16-28)26(30)29-17-19-6-4-3-5-7-19/h3-15H,2,17-18H2,1H3,(H,29,30)/b22-14-. The van der Waals surface area contributed by atoms with Crippen LogP contribution in [-0.2, 0) is 17.9 Å². The summed E-state index contributed by atoms with van der Waals surface area (Å²) < 4.78 is 12.8. The van der Waals surface area contributed by atoms with Gasteiger partial charge in [0.15, 0.2) is 11.5 Å². The molecule has 162 valence electrons. The van der Waals surface area contributed by atoms with Crippen LogP contribution in [0.15, 0.2) is 78.4 Å². The minimum atomic E-state index is -0.423. The van der Waals surface area contributed by atoms with Gasteiger partial charge in [0, 0.05) is 10.1 Å². The summed E-state index contributed by atoms with van der Waals surface area (Å²) in [7, 11) is 0. The van der Waals surface area contributed by atoms with Crippen LogP contribution in [0.1, 0.15) is 23.6 Å². The summed E-state index contributed by atoms with van der Waals surface area (Å²) in [6.07, 6.45) is 1.55. The number of rotatable bonds is 9. The smallest absolute Gasteiger partial charge is 0.262 e. The van der Waals surface area contributed by atoms with E-state index in [-0.39, 0.29) is 5.57 Å². The Labute approximate surface area is 201 Å². The highest BCUT2D eigenvalue weighted by Gasteiger charge is 2.11. The summed E-state index contributed by atoms with van der Waals surface area (Å²) in [5, 5.41) is 12.3. The van der Waals surface area contributed by atoms with E-state index < -0.39 is 5.91 Å². The summed E-state index contributed by atoms with van der Waals surface area (Å²) in [6.45, 7) is 3.13. The lowest BCUT2D eigenvalue weighted by Crippen LogP contribution is -2.23. The van der Waals surface area contributed by atoms with Crippen molar-refractivity contribution in [2.45, 2.75) is 20.1 Å². The summed E-state index contributed by atoms with van der Waals surface area (Å²) >= 11 is 2.26. The third-order valence-corrected chi connectivity index (χ3v) is 5.27. The van der Waals surface area contributed by atoms with E-state index in [1.165, 1.54) is 3.57 Å². The minimum absolute atomic E-state index is 0.0240. The van der Waals surface area contributed by atoms with Gasteiger partial charge in [-0.05, 0) is 76.5 Å². The Morgan fingerprint density at radius 1 is 1.00 bits per heavy atom. The fourth-order valence-corrected chi connectivity index (χ4v) is 3.29. The van der Waals surface area contributed by atoms with Crippen LogP contribution in [0.2, 0.25) is 0 Å². The molecule has 0 saturated carbocycles. The van der Waals surface area contributed by atoms with Gasteiger partial charge in [-0.25, -0.2) is 0 Å². The molecule has 0 aliphatic rings. The summed E-state index contributed by atoms with van der Waals surface area (Å²) in [4.78, 5) is 12.5. The lowest BCUT2D eigenvalue weighted by molar-refractivity contribution is -0.117. The molecule has 0 bridgehead atoms. The highest BCUT2D eigenvalue weighted by atomic mass is 127. The second kappa shape index (κ2) is 11.9. The first-order valence-electron chi connectivity index (χ1n) is 10.2. The molecular formula is C26H23IN2O3. The summed E-state index contributed by atoms with van der Waals surface area (Å²) in [6, 6.07) is 25.0. The number of nitrogens with zero attached hydrogens (tertiary/aromatic N) is 1. The molecule has 1 N–H and O–H groups in total. The van der Waals surface area contributed by atoms with E-state index >= 15 is 0 Å². The van der Waals surface area contributed by atoms with Crippen molar-refractivity contribution in [2.24, 2.45) is 0 Å². The van der Waals surface area contributed by atoms with Crippen molar-refractivity contribution in [1.29, 1.82) is 5.26 Å². The number of benzene rings is 3. The zero-order valence-electron chi connectivity index (χ0n) is 17.7. The van der Waals surface area contributed by atoms with Crippen LogP contribution >= 0.6 is 22.6 Å². The molecule has 32 heavy (non-hydrogen) atoms. The van der Waals surface area contributed by atoms with Gasteiger partial charge in [-0.2, -0.15) is 5.26 Å². The van der Waals surface area contributed by atoms with Crippen molar-refractivity contribution in [2.75, 3.05) is 6.61 Å². The first-order chi connectivity index (χ1) is 15.6. The monoisotopic (exact) mass is 538 g/mol. The summed E-state index contributed by atoms with van der Waals surface area (Å²) in [5.41, 5.74) is 2.72. The van der Waals surface area contributed by atoms with Gasteiger partial charge in [0.25, 0.3) is 5.91 Å². The third kappa shape index (κ3) is 6.86. The van der Waals surface area contributed by atoms with Gasteiger partial charge in [0.05, 0.1) is 6.61 Å². The fourth-order valence-electron chi connectivity index (χ4n) is 2.93. The van der Waals surface area contributed by atoms with E-state index in [1.807, 2.05) is 67.6 Å². The number of hydrogen-bond acceptors (Lipinski definition) is 4. The van der Waals surface area contributed by atoms with Crippen LogP contribution in [0, 0.1) is 14.9 Å². The first kappa shape index (κ1) is 23.4. The Kier molecular flexibility index (Phi) is 8.70. The molecule has 0 aromatic heterocycles. The van der Waals surface area contributed by atoms with Gasteiger partial charge < -0.3 is 14.8 Å². The zero-order valence-corrected chi connectivity index (χ0v) is 19.8. The zero-order chi connectivity index (χ0) is 22.8. The molecule has 0 fully saturated rings. The second-order valence-corrected chi connectivity index (χ2v) is 8.14. The molecule has 1 amide bonds. The lowest BCUT2D eigenvalue weighted by Gasteiger charge is -2.13. The molecule has 6 heteroatoms. The highest BCUT2D eigenvalue weighted by molar-refractivity contribution is 14.1. The molecule has 3 aromatic rings. The number of carbonyl (C=O) groups is 1. The van der Waals surface area contributed by atoms with E-state index in [9.17, 15) is 10.1 Å². The van der Waals surface area contributed by atoms with Crippen molar-refractivity contribution in [1.82, 2.24) is 5.32 Å². The minimum Gasteiger partial charge on any atom is -0.490 e. The van der Waals surface area contributed by atoms with Gasteiger partial charge in [-0.3, -0.25) is 4.79 Å². The predicted molar refractivity (Wildman–Crippen MR) is 133 cm³/mol. The maximum atomic E-state index is 12.5. The number of hydrogen-bond donors (Lipinski definition) is 1. The molecule has 0 aliphatic heterocycles. The number of halogens is 1. The summed E-state index contributed by atoms with van der Waals surface area (Å²) in [5.74, 6) is 0.747. The maximum absolute atomic E-state index is 12.5. The third-order valence-electron chi connectivity index (χ3n) is 4.55. The Morgan fingerprint density at radius 2 is 1.75 bits per heavy atom. The molecule has 0 aliphatic carbocycles. The first-order valence-corrected chi connectivity index (χ1v) is 11.2. The van der Waals surface area contributed by atoms with E-state index in [0.717, 1.165) is 11.1 Å². The molecule has 3 rings (SSSR count). The van der Waals surface area contributed by atoms with Crippen molar-refractivity contribution >= 4 is 34.6 Å². The fraction of sp³-hybridized carbons (Fsp3) is 0.154. The van der Waals surface area contributed by atoms with Crippen molar-refractivity contribution in [3.8, 4) is 17.6 Å². The van der Waals surface area contributed by atoms with Crippen LogP contribution in [-0.4, -0.2) is 12.5 Å². The quantitative estimate of drug-likeness (QED) is 0.222. The van der Waals surface area contributed by atoms with Gasteiger partial charge >= 0.3 is 0 Å². The van der Waals surface area contributed by atoms with Crippen LogP contribution in [0.25, 0.3) is 6.08 Å². The number of carbonyl (C=O) groups excluding carboxylic acids is 1. The predicted octanol–water partition coefficient (Wildman–Crippen LogP) is 5.49. The van der Waals surface area contributed by atoms with Gasteiger partial charge in [-0.1, -0.05) is 48.5 Å². The van der Waals surface area contributed by atoms with E-state index in [2.05, 4.69) is 27.9 Å². The van der Waals surface area contributed by atoms with E-state index in [4.69, 9.17) is 9.47 Å². The van der Waals surface area contributed by atoms with Gasteiger partial charge in [-0.15, -0.1) is 0 Å². The van der Waals surface area contributed by atoms with Crippen molar-refractivity contribution < 1.29 is 14.3 Å². The molecular weight excluding hydrogens is 515 g/mol. The molecule has 3 aromatic carbocycles. The van der Waals surface area contributed by atoms with Gasteiger partial charge in [0.2, 0.25) is 0 Å². The molecule has 0 saturated heterocycles. The lowest BCUT2D eigenvalue weighted by atomic mass is 10.1. The molecule has 0 radical (unpaired) electrons. The molecule has 0 atom stereocenters. The number of nitriles is 1. The largest absolute Gasteiger partial charge is 0.490 e. The van der Waals surface area contributed by atoms with E-state index in [1.54, 1.807) is 24.3 Å². The number of ether oxygens (including phenoxy) is 2. The molecule has 5 nitrogen and oxygen atoms in total. The molecule has 0 heterocycles. The average molecular weight is 538 g/mol. The SMILES string of the molecule is CCOc1cc(/C=C(/C#N)C(=O)NCc2ccccc2)ccc1OCc1ccc(I)cc1. The van der Waals surface area contributed by atoms with E-state index in [0.29, 0.717) is 36.8 Å². The van der Waals surface area contributed by atoms with Crippen LogP contribution in [0.5, 0.6) is 11.5 Å². The Balaban J connectivity index is 1.72. The second-order valence-electron chi connectivity index (χ2n) is 6.89.